The smallest absolute Gasteiger partial charge is 0.307 e. The first-order chi connectivity index (χ1) is 10.3. The maximum Gasteiger partial charge on any atom is 0.307 e. The number of carbonyl (C=O) groups is 1. The van der Waals surface area contributed by atoms with E-state index in [-0.39, 0.29) is 22.0 Å². The van der Waals surface area contributed by atoms with Gasteiger partial charge < -0.3 is 14.6 Å². The molecule has 0 saturated carbocycles. The van der Waals surface area contributed by atoms with Crippen LogP contribution in [0.4, 0.5) is 0 Å². The van der Waals surface area contributed by atoms with Crippen molar-refractivity contribution >= 4 is 16.0 Å². The monoisotopic (exact) mass is 331 g/mol. The van der Waals surface area contributed by atoms with Gasteiger partial charge in [-0.2, -0.15) is 4.31 Å². The molecule has 7 nitrogen and oxygen atoms in total. The Morgan fingerprint density at radius 3 is 2.05 bits per heavy atom. The molecule has 1 aromatic rings. The summed E-state index contributed by atoms with van der Waals surface area (Å²) < 4.78 is 36.9. The first kappa shape index (κ1) is 18.2. The molecule has 0 aliphatic heterocycles. The number of methoxy groups -OCH3 is 2. The van der Waals surface area contributed by atoms with Gasteiger partial charge >= 0.3 is 5.97 Å². The average molecular weight is 331 g/mol. The summed E-state index contributed by atoms with van der Waals surface area (Å²) >= 11 is 0. The van der Waals surface area contributed by atoms with Gasteiger partial charge in [-0.3, -0.25) is 4.79 Å². The molecule has 1 N–H and O–H groups in total. The summed E-state index contributed by atoms with van der Waals surface area (Å²) in [6.07, 6.45) is -0.420. The molecule has 0 fully saturated rings. The van der Waals surface area contributed by atoms with Crippen molar-refractivity contribution in [3.8, 4) is 11.5 Å². The minimum absolute atomic E-state index is 0.0729. The van der Waals surface area contributed by atoms with Gasteiger partial charge in [0.05, 0.1) is 25.5 Å². The molecule has 8 heteroatoms. The number of carboxylic acids is 1. The van der Waals surface area contributed by atoms with Gasteiger partial charge in [-0.05, 0) is 11.6 Å². The van der Waals surface area contributed by atoms with Crippen LogP contribution in [0.25, 0.3) is 0 Å². The molecule has 0 aliphatic carbocycles. The van der Waals surface area contributed by atoms with Crippen LogP contribution in [-0.4, -0.2) is 51.1 Å². The molecule has 0 unspecified atom stereocenters. The third kappa shape index (κ3) is 3.69. The summed E-state index contributed by atoms with van der Waals surface area (Å²) in [6, 6.07) is 2.70. The zero-order chi connectivity index (χ0) is 16.9. The van der Waals surface area contributed by atoms with Gasteiger partial charge in [0.25, 0.3) is 0 Å². The summed E-state index contributed by atoms with van der Waals surface area (Å²) in [4.78, 5) is 11.0. The molecule has 0 heterocycles. The van der Waals surface area contributed by atoms with E-state index in [1.54, 1.807) is 13.8 Å². The molecule has 0 radical (unpaired) electrons. The zero-order valence-electron chi connectivity index (χ0n) is 13.1. The lowest BCUT2D eigenvalue weighted by Gasteiger charge is -2.21. The van der Waals surface area contributed by atoms with Crippen molar-refractivity contribution < 1.29 is 27.8 Å². The number of ether oxygens (including phenoxy) is 2. The normalized spacial score (nSPS) is 11.5. The first-order valence-electron chi connectivity index (χ1n) is 6.78. The molecule has 0 aliphatic rings. The SMILES string of the molecule is CCN(CC)S(=O)(=O)c1cc(OC)c(OC)cc1CC(=O)O. The van der Waals surface area contributed by atoms with Crippen LogP contribution in [0.1, 0.15) is 19.4 Å². The van der Waals surface area contributed by atoms with Crippen LogP contribution in [0.15, 0.2) is 17.0 Å². The van der Waals surface area contributed by atoms with Gasteiger partial charge in [-0.15, -0.1) is 0 Å². The highest BCUT2D eigenvalue weighted by atomic mass is 32.2. The molecule has 1 aromatic carbocycles. The Bertz CT molecular complexity index is 637. The lowest BCUT2D eigenvalue weighted by molar-refractivity contribution is -0.136. The molecule has 1 rings (SSSR count). The third-order valence-electron chi connectivity index (χ3n) is 3.23. The Hall–Kier alpha value is -1.80. The number of carboxylic acid groups (broad SMARTS) is 1. The van der Waals surface area contributed by atoms with Crippen LogP contribution in [0.5, 0.6) is 11.5 Å². The van der Waals surface area contributed by atoms with E-state index in [1.165, 1.54) is 30.7 Å². The van der Waals surface area contributed by atoms with E-state index >= 15 is 0 Å². The van der Waals surface area contributed by atoms with E-state index in [0.717, 1.165) is 0 Å². The Labute approximate surface area is 130 Å². The minimum Gasteiger partial charge on any atom is -0.493 e. The zero-order valence-corrected chi connectivity index (χ0v) is 13.9. The van der Waals surface area contributed by atoms with Crippen LogP contribution in [0.2, 0.25) is 0 Å². The maximum atomic E-state index is 12.7. The van der Waals surface area contributed by atoms with E-state index in [4.69, 9.17) is 14.6 Å². The standard InChI is InChI=1S/C14H21NO6S/c1-5-15(6-2)22(18,19)13-9-12(21-4)11(20-3)7-10(13)8-14(16)17/h7,9H,5-6,8H2,1-4H3,(H,16,17). The molecular formula is C14H21NO6S. The number of aliphatic carboxylic acids is 1. The molecule has 0 saturated heterocycles. The lowest BCUT2D eigenvalue weighted by atomic mass is 10.1. The molecule has 0 aromatic heterocycles. The first-order valence-corrected chi connectivity index (χ1v) is 8.22. The van der Waals surface area contributed by atoms with E-state index in [0.29, 0.717) is 13.1 Å². The molecule has 0 amide bonds. The highest BCUT2D eigenvalue weighted by Gasteiger charge is 2.27. The minimum atomic E-state index is -3.80. The third-order valence-corrected chi connectivity index (χ3v) is 5.36. The summed E-state index contributed by atoms with van der Waals surface area (Å²) in [5.74, 6) is -0.595. The van der Waals surface area contributed by atoms with Gasteiger partial charge in [-0.25, -0.2) is 8.42 Å². The summed E-state index contributed by atoms with van der Waals surface area (Å²) in [5, 5.41) is 9.02. The Morgan fingerprint density at radius 2 is 1.64 bits per heavy atom. The second-order valence-corrected chi connectivity index (χ2v) is 6.38. The number of nitrogens with zero attached hydrogens (tertiary/aromatic N) is 1. The average Bonchev–Trinajstić information content (AvgIpc) is 2.46. The second kappa shape index (κ2) is 7.46. The Kier molecular flexibility index (Phi) is 6.19. The summed E-state index contributed by atoms with van der Waals surface area (Å²) in [7, 11) is -1.01. The quantitative estimate of drug-likeness (QED) is 0.773. The van der Waals surface area contributed by atoms with Gasteiger partial charge in [0.15, 0.2) is 11.5 Å². The molecule has 124 valence electrons. The van der Waals surface area contributed by atoms with Crippen molar-refractivity contribution in [3.63, 3.8) is 0 Å². The molecular weight excluding hydrogens is 310 g/mol. The molecule has 22 heavy (non-hydrogen) atoms. The largest absolute Gasteiger partial charge is 0.493 e. The highest BCUT2D eigenvalue weighted by Crippen LogP contribution is 2.34. The molecule has 0 spiro atoms. The number of rotatable bonds is 8. The topological polar surface area (TPSA) is 93.1 Å². The highest BCUT2D eigenvalue weighted by molar-refractivity contribution is 7.89. The van der Waals surface area contributed by atoms with Crippen molar-refractivity contribution in [2.24, 2.45) is 0 Å². The lowest BCUT2D eigenvalue weighted by Crippen LogP contribution is -2.31. The van der Waals surface area contributed by atoms with E-state index in [2.05, 4.69) is 0 Å². The number of hydrogen-bond donors (Lipinski definition) is 1. The van der Waals surface area contributed by atoms with Crippen molar-refractivity contribution in [1.82, 2.24) is 4.31 Å². The van der Waals surface area contributed by atoms with Gasteiger partial charge in [-0.1, -0.05) is 13.8 Å². The van der Waals surface area contributed by atoms with Crippen LogP contribution >= 0.6 is 0 Å². The summed E-state index contributed by atoms with van der Waals surface area (Å²) in [6.45, 7) is 4.02. The summed E-state index contributed by atoms with van der Waals surface area (Å²) in [5.41, 5.74) is 0.164. The fourth-order valence-electron chi connectivity index (χ4n) is 2.15. The van der Waals surface area contributed by atoms with E-state index < -0.39 is 22.4 Å². The van der Waals surface area contributed by atoms with Crippen molar-refractivity contribution in [2.45, 2.75) is 25.2 Å². The van der Waals surface area contributed by atoms with Crippen LogP contribution in [0, 0.1) is 0 Å². The Morgan fingerprint density at radius 1 is 1.14 bits per heavy atom. The van der Waals surface area contributed by atoms with Gasteiger partial charge in [0.2, 0.25) is 10.0 Å². The maximum absolute atomic E-state index is 12.7. The Balaban J connectivity index is 3.58. The fraction of sp³-hybridized carbons (Fsp3) is 0.500. The van der Waals surface area contributed by atoms with Crippen molar-refractivity contribution in [3.05, 3.63) is 17.7 Å². The van der Waals surface area contributed by atoms with Crippen LogP contribution < -0.4 is 9.47 Å². The van der Waals surface area contributed by atoms with Crippen LogP contribution in [-0.2, 0) is 21.2 Å². The number of sulfonamides is 1. The number of benzene rings is 1. The van der Waals surface area contributed by atoms with Gasteiger partial charge in [0.1, 0.15) is 0 Å². The number of hydrogen-bond acceptors (Lipinski definition) is 5. The van der Waals surface area contributed by atoms with Crippen molar-refractivity contribution in [2.75, 3.05) is 27.3 Å². The predicted octanol–water partition coefficient (Wildman–Crippen LogP) is 1.36. The van der Waals surface area contributed by atoms with E-state index in [1.807, 2.05) is 0 Å². The van der Waals surface area contributed by atoms with Crippen LogP contribution in [0.3, 0.4) is 0 Å². The second-order valence-electron chi connectivity index (χ2n) is 4.47. The molecule has 0 bridgehead atoms. The fourth-order valence-corrected chi connectivity index (χ4v) is 3.82. The van der Waals surface area contributed by atoms with Gasteiger partial charge in [0, 0.05) is 19.2 Å². The predicted molar refractivity (Wildman–Crippen MR) is 81.0 cm³/mol. The van der Waals surface area contributed by atoms with Crippen molar-refractivity contribution in [1.29, 1.82) is 0 Å². The van der Waals surface area contributed by atoms with E-state index in [9.17, 15) is 13.2 Å². The molecule has 0 atom stereocenters.